The Bertz CT molecular complexity index is 584. The van der Waals surface area contributed by atoms with Gasteiger partial charge in [-0.2, -0.15) is 0 Å². The van der Waals surface area contributed by atoms with Gasteiger partial charge in [0.15, 0.2) is 0 Å². The number of carbonyl (C=O) groups is 1. The Hall–Kier alpha value is -2.23. The minimum atomic E-state index is -1.00. The maximum absolute atomic E-state index is 11.2. The van der Waals surface area contributed by atoms with E-state index in [1.165, 1.54) is 0 Å². The van der Waals surface area contributed by atoms with E-state index in [4.69, 9.17) is 0 Å². The zero-order valence-corrected chi connectivity index (χ0v) is 9.64. The van der Waals surface area contributed by atoms with Crippen LogP contribution in [-0.2, 0) is 7.05 Å². The molecule has 0 aliphatic carbocycles. The third kappa shape index (κ3) is 1.78. The Morgan fingerprint density at radius 2 is 1.88 bits per heavy atom. The van der Waals surface area contributed by atoms with Crippen LogP contribution in [0.3, 0.4) is 0 Å². The summed E-state index contributed by atoms with van der Waals surface area (Å²) in [5.74, 6) is -0.917. The lowest BCUT2D eigenvalue weighted by molar-refractivity contribution is 0.0687. The monoisotopic (exact) mass is 231 g/mol. The first kappa shape index (κ1) is 11.3. The number of benzene rings is 1. The molecule has 0 spiro atoms. The van der Waals surface area contributed by atoms with E-state index in [0.717, 1.165) is 5.69 Å². The van der Waals surface area contributed by atoms with Crippen molar-refractivity contribution >= 4 is 5.97 Å². The van der Waals surface area contributed by atoms with Crippen LogP contribution in [0.25, 0.3) is 11.1 Å². The van der Waals surface area contributed by atoms with Gasteiger partial charge in [-0.3, -0.25) is 0 Å². The number of aromatic hydroxyl groups is 1. The molecule has 2 rings (SSSR count). The van der Waals surface area contributed by atoms with Gasteiger partial charge in [0.05, 0.1) is 0 Å². The van der Waals surface area contributed by atoms with E-state index in [-0.39, 0.29) is 11.4 Å². The molecule has 1 heterocycles. The van der Waals surface area contributed by atoms with Crippen molar-refractivity contribution in [1.29, 1.82) is 0 Å². The summed E-state index contributed by atoms with van der Waals surface area (Å²) in [6, 6.07) is 8.48. The normalized spacial score (nSPS) is 10.5. The summed E-state index contributed by atoms with van der Waals surface area (Å²) in [5, 5.41) is 19.0. The number of carboxylic acids is 1. The van der Waals surface area contributed by atoms with Crippen LogP contribution in [0.2, 0.25) is 0 Å². The van der Waals surface area contributed by atoms with Crippen LogP contribution in [0.1, 0.15) is 16.2 Å². The van der Waals surface area contributed by atoms with E-state index < -0.39 is 5.97 Å². The molecule has 88 valence electrons. The van der Waals surface area contributed by atoms with Crippen LogP contribution in [0.4, 0.5) is 0 Å². The standard InChI is InChI=1S/C13H13NO3/c1-8-7-10(12(13(16)17)14(8)2)9-5-3-4-6-11(9)15/h3-7,15H,1-2H3,(H,16,17). The number of phenols is 1. The minimum absolute atomic E-state index is 0.0839. The summed E-state index contributed by atoms with van der Waals surface area (Å²) < 4.78 is 1.60. The first-order chi connectivity index (χ1) is 8.02. The van der Waals surface area contributed by atoms with Gasteiger partial charge in [-0.05, 0) is 19.1 Å². The average Bonchev–Trinajstić information content (AvgIpc) is 2.56. The molecule has 1 aromatic heterocycles. The number of carboxylic acid groups (broad SMARTS) is 1. The van der Waals surface area contributed by atoms with Crippen LogP contribution in [0.5, 0.6) is 5.75 Å². The summed E-state index contributed by atoms with van der Waals surface area (Å²) >= 11 is 0. The molecule has 2 N–H and O–H groups in total. The highest BCUT2D eigenvalue weighted by Crippen LogP contribution is 2.33. The number of hydrogen-bond donors (Lipinski definition) is 2. The lowest BCUT2D eigenvalue weighted by atomic mass is 10.0. The Morgan fingerprint density at radius 3 is 2.47 bits per heavy atom. The maximum Gasteiger partial charge on any atom is 0.353 e. The quantitative estimate of drug-likeness (QED) is 0.834. The van der Waals surface area contributed by atoms with E-state index in [1.807, 2.05) is 6.92 Å². The van der Waals surface area contributed by atoms with Gasteiger partial charge in [-0.1, -0.05) is 18.2 Å². The molecule has 0 unspecified atom stereocenters. The van der Waals surface area contributed by atoms with Crippen molar-refractivity contribution in [2.45, 2.75) is 6.92 Å². The SMILES string of the molecule is Cc1cc(-c2ccccc2O)c(C(=O)O)n1C. The molecular weight excluding hydrogens is 218 g/mol. The molecule has 2 aromatic rings. The maximum atomic E-state index is 11.2. The number of hydrogen-bond acceptors (Lipinski definition) is 2. The number of nitrogens with zero attached hydrogens (tertiary/aromatic N) is 1. The highest BCUT2D eigenvalue weighted by molar-refractivity contribution is 5.96. The summed E-state index contributed by atoms with van der Waals surface area (Å²) in [6.45, 7) is 1.83. The fourth-order valence-corrected chi connectivity index (χ4v) is 1.90. The number of phenolic OH excluding ortho intramolecular Hbond substituents is 1. The molecule has 1 aromatic carbocycles. The summed E-state index contributed by atoms with van der Waals surface area (Å²) in [6.07, 6.45) is 0. The second-order valence-electron chi connectivity index (χ2n) is 3.93. The smallest absolute Gasteiger partial charge is 0.353 e. The molecule has 4 heteroatoms. The topological polar surface area (TPSA) is 62.5 Å². The van der Waals surface area contributed by atoms with E-state index in [9.17, 15) is 15.0 Å². The Morgan fingerprint density at radius 1 is 1.24 bits per heavy atom. The van der Waals surface area contributed by atoms with E-state index in [0.29, 0.717) is 11.1 Å². The molecular formula is C13H13NO3. The Balaban J connectivity index is 2.72. The number of rotatable bonds is 2. The van der Waals surface area contributed by atoms with Crippen molar-refractivity contribution < 1.29 is 15.0 Å². The molecule has 4 nitrogen and oxygen atoms in total. The number of para-hydroxylation sites is 1. The first-order valence-electron chi connectivity index (χ1n) is 5.20. The van der Waals surface area contributed by atoms with Crippen LogP contribution < -0.4 is 0 Å². The van der Waals surface area contributed by atoms with Crippen LogP contribution >= 0.6 is 0 Å². The zero-order valence-electron chi connectivity index (χ0n) is 9.64. The zero-order chi connectivity index (χ0) is 12.6. The molecule has 0 amide bonds. The second-order valence-corrected chi connectivity index (χ2v) is 3.93. The largest absolute Gasteiger partial charge is 0.507 e. The molecule has 0 atom stereocenters. The van der Waals surface area contributed by atoms with Gasteiger partial charge < -0.3 is 14.8 Å². The van der Waals surface area contributed by atoms with Crippen molar-refractivity contribution in [2.75, 3.05) is 0 Å². The first-order valence-corrected chi connectivity index (χ1v) is 5.20. The highest BCUT2D eigenvalue weighted by atomic mass is 16.4. The van der Waals surface area contributed by atoms with Gasteiger partial charge in [0.1, 0.15) is 11.4 Å². The van der Waals surface area contributed by atoms with Crippen molar-refractivity contribution in [3.8, 4) is 16.9 Å². The number of aromatic carboxylic acids is 1. The third-order valence-corrected chi connectivity index (χ3v) is 2.87. The van der Waals surface area contributed by atoms with Crippen LogP contribution in [0.15, 0.2) is 30.3 Å². The fourth-order valence-electron chi connectivity index (χ4n) is 1.90. The van der Waals surface area contributed by atoms with Crippen molar-refractivity contribution in [3.05, 3.63) is 41.7 Å². The molecule has 17 heavy (non-hydrogen) atoms. The summed E-state index contributed by atoms with van der Waals surface area (Å²) in [7, 11) is 1.70. The van der Waals surface area contributed by atoms with Crippen LogP contribution in [0, 0.1) is 6.92 Å². The fraction of sp³-hybridized carbons (Fsp3) is 0.154. The Labute approximate surface area is 98.8 Å². The molecule has 0 radical (unpaired) electrons. The average molecular weight is 231 g/mol. The molecule has 0 fully saturated rings. The molecule has 0 aliphatic rings. The van der Waals surface area contributed by atoms with Crippen molar-refractivity contribution in [1.82, 2.24) is 4.57 Å². The lowest BCUT2D eigenvalue weighted by Gasteiger charge is -2.05. The molecule has 0 saturated carbocycles. The van der Waals surface area contributed by atoms with Crippen molar-refractivity contribution in [3.63, 3.8) is 0 Å². The van der Waals surface area contributed by atoms with Gasteiger partial charge in [0.2, 0.25) is 0 Å². The van der Waals surface area contributed by atoms with E-state index in [2.05, 4.69) is 0 Å². The molecule has 0 aliphatic heterocycles. The van der Waals surface area contributed by atoms with Crippen molar-refractivity contribution in [2.24, 2.45) is 7.05 Å². The molecule has 0 saturated heterocycles. The summed E-state index contributed by atoms with van der Waals surface area (Å²) in [5.41, 5.74) is 2.09. The summed E-state index contributed by atoms with van der Waals surface area (Å²) in [4.78, 5) is 11.2. The predicted molar refractivity (Wildman–Crippen MR) is 64.2 cm³/mol. The third-order valence-electron chi connectivity index (χ3n) is 2.87. The minimum Gasteiger partial charge on any atom is -0.507 e. The van der Waals surface area contributed by atoms with Gasteiger partial charge in [0, 0.05) is 23.9 Å². The van der Waals surface area contributed by atoms with Gasteiger partial charge in [-0.15, -0.1) is 0 Å². The van der Waals surface area contributed by atoms with Gasteiger partial charge >= 0.3 is 5.97 Å². The van der Waals surface area contributed by atoms with Gasteiger partial charge in [-0.25, -0.2) is 4.79 Å². The lowest BCUT2D eigenvalue weighted by Crippen LogP contribution is -2.06. The van der Waals surface area contributed by atoms with E-state index >= 15 is 0 Å². The van der Waals surface area contributed by atoms with Gasteiger partial charge in [0.25, 0.3) is 0 Å². The molecule has 0 bridgehead atoms. The highest BCUT2D eigenvalue weighted by Gasteiger charge is 2.19. The predicted octanol–water partition coefficient (Wildman–Crippen LogP) is 2.40. The van der Waals surface area contributed by atoms with Crippen LogP contribution in [-0.4, -0.2) is 20.7 Å². The number of aryl methyl sites for hydroxylation is 1. The second kappa shape index (κ2) is 3.97. The Kier molecular flexibility index (Phi) is 2.63. The van der Waals surface area contributed by atoms with E-state index in [1.54, 1.807) is 41.9 Å². The number of aromatic nitrogens is 1.